The summed E-state index contributed by atoms with van der Waals surface area (Å²) in [6.45, 7) is 12.9. The van der Waals surface area contributed by atoms with Crippen molar-refractivity contribution < 1.29 is 0 Å². The number of aryl methyl sites for hydroxylation is 5. The molecule has 4 nitrogen and oxygen atoms in total. The van der Waals surface area contributed by atoms with Gasteiger partial charge in [0.05, 0.1) is 16.7 Å². The first kappa shape index (κ1) is 20.9. The predicted octanol–water partition coefficient (Wildman–Crippen LogP) is 5.73. The molecule has 0 aliphatic heterocycles. The zero-order valence-corrected chi connectivity index (χ0v) is 19.4. The molecule has 0 atom stereocenters. The van der Waals surface area contributed by atoms with E-state index in [0.717, 1.165) is 24.3 Å². The van der Waals surface area contributed by atoms with Gasteiger partial charge in [0.15, 0.2) is 0 Å². The van der Waals surface area contributed by atoms with Gasteiger partial charge in [-0.15, -0.1) is 0 Å². The SMILES string of the molecule is Cc1cc(C)c(-c2c(C)n(C)c3c(NCCNC4CCCC4)cc(C)nc23)c(C)c1. The maximum Gasteiger partial charge on any atom is 0.0986 e. The third kappa shape index (κ3) is 3.85. The minimum Gasteiger partial charge on any atom is -0.382 e. The smallest absolute Gasteiger partial charge is 0.0986 e. The van der Waals surface area contributed by atoms with E-state index in [1.165, 1.54) is 70.4 Å². The van der Waals surface area contributed by atoms with Crippen molar-refractivity contribution in [1.29, 1.82) is 0 Å². The fraction of sp³-hybridized carbons (Fsp3) is 0.500. The maximum absolute atomic E-state index is 5.01. The lowest BCUT2D eigenvalue weighted by Gasteiger charge is -2.14. The summed E-state index contributed by atoms with van der Waals surface area (Å²) in [7, 11) is 2.17. The largest absolute Gasteiger partial charge is 0.382 e. The van der Waals surface area contributed by atoms with Gasteiger partial charge in [-0.1, -0.05) is 30.5 Å². The quantitative estimate of drug-likeness (QED) is 0.516. The summed E-state index contributed by atoms with van der Waals surface area (Å²) >= 11 is 0. The second kappa shape index (κ2) is 8.43. The lowest BCUT2D eigenvalue weighted by atomic mass is 9.93. The predicted molar refractivity (Wildman–Crippen MR) is 129 cm³/mol. The molecule has 2 aromatic heterocycles. The van der Waals surface area contributed by atoms with Crippen molar-refractivity contribution >= 4 is 16.7 Å². The van der Waals surface area contributed by atoms with E-state index in [4.69, 9.17) is 4.98 Å². The molecule has 1 aliphatic carbocycles. The molecule has 4 heteroatoms. The molecule has 4 rings (SSSR count). The van der Waals surface area contributed by atoms with Gasteiger partial charge in [0.1, 0.15) is 0 Å². The first-order valence-electron chi connectivity index (χ1n) is 11.4. The van der Waals surface area contributed by atoms with Gasteiger partial charge in [-0.3, -0.25) is 4.98 Å². The Morgan fingerprint density at radius 3 is 2.27 bits per heavy atom. The highest BCUT2D eigenvalue weighted by Crippen LogP contribution is 2.39. The zero-order chi connectivity index (χ0) is 21.4. The van der Waals surface area contributed by atoms with Gasteiger partial charge < -0.3 is 15.2 Å². The van der Waals surface area contributed by atoms with E-state index in [0.29, 0.717) is 6.04 Å². The van der Waals surface area contributed by atoms with Crippen LogP contribution in [0.3, 0.4) is 0 Å². The second-order valence-corrected chi connectivity index (χ2v) is 9.16. The van der Waals surface area contributed by atoms with E-state index in [1.54, 1.807) is 0 Å². The minimum atomic E-state index is 0.711. The molecule has 0 saturated heterocycles. The van der Waals surface area contributed by atoms with Gasteiger partial charge >= 0.3 is 0 Å². The van der Waals surface area contributed by atoms with Crippen LogP contribution in [0, 0.1) is 34.6 Å². The zero-order valence-electron chi connectivity index (χ0n) is 19.4. The number of hydrogen-bond acceptors (Lipinski definition) is 3. The molecule has 1 aliphatic rings. The van der Waals surface area contributed by atoms with Gasteiger partial charge in [-0.25, -0.2) is 0 Å². The number of anilines is 1. The van der Waals surface area contributed by atoms with E-state index in [1.807, 2.05) is 0 Å². The van der Waals surface area contributed by atoms with E-state index in [-0.39, 0.29) is 0 Å². The molecule has 0 unspecified atom stereocenters. The Kier molecular flexibility index (Phi) is 5.88. The normalized spacial score (nSPS) is 14.7. The van der Waals surface area contributed by atoms with Crippen LogP contribution in [0.2, 0.25) is 0 Å². The minimum absolute atomic E-state index is 0.711. The Morgan fingerprint density at radius 2 is 1.60 bits per heavy atom. The van der Waals surface area contributed by atoms with Gasteiger partial charge in [0, 0.05) is 43.1 Å². The molecule has 2 N–H and O–H groups in total. The standard InChI is InChI=1S/C26H36N4/c1-16-13-17(2)23(18(3)14-16)24-20(5)30(6)26-22(15-19(4)29-25(24)26)28-12-11-27-21-9-7-8-10-21/h13-15,21,27H,7-12H2,1-6H3,(H,28,29). The highest BCUT2D eigenvalue weighted by molar-refractivity contribution is 6.02. The Morgan fingerprint density at radius 1 is 0.933 bits per heavy atom. The van der Waals surface area contributed by atoms with Crippen LogP contribution in [0.5, 0.6) is 0 Å². The average molecular weight is 405 g/mol. The molecule has 30 heavy (non-hydrogen) atoms. The van der Waals surface area contributed by atoms with Crippen molar-refractivity contribution in [3.8, 4) is 11.1 Å². The summed E-state index contributed by atoms with van der Waals surface area (Å²) in [4.78, 5) is 5.01. The van der Waals surface area contributed by atoms with Crippen LogP contribution in [0.15, 0.2) is 18.2 Å². The monoisotopic (exact) mass is 404 g/mol. The summed E-state index contributed by atoms with van der Waals surface area (Å²) in [5, 5.41) is 7.41. The first-order chi connectivity index (χ1) is 14.4. The van der Waals surface area contributed by atoms with Gasteiger partial charge in [0.2, 0.25) is 0 Å². The molecule has 1 fully saturated rings. The Balaban J connectivity index is 1.71. The summed E-state index contributed by atoms with van der Waals surface area (Å²) in [5.41, 5.74) is 12.4. The third-order valence-corrected chi connectivity index (χ3v) is 6.71. The van der Waals surface area contributed by atoms with Crippen molar-refractivity contribution in [2.75, 3.05) is 18.4 Å². The summed E-state index contributed by atoms with van der Waals surface area (Å²) in [6, 6.07) is 7.46. The Labute approximate surface area is 181 Å². The molecule has 3 aromatic rings. The van der Waals surface area contributed by atoms with Crippen molar-refractivity contribution in [2.24, 2.45) is 7.05 Å². The summed E-state index contributed by atoms with van der Waals surface area (Å²) < 4.78 is 2.31. The number of nitrogens with one attached hydrogen (secondary N) is 2. The third-order valence-electron chi connectivity index (χ3n) is 6.71. The highest BCUT2D eigenvalue weighted by atomic mass is 15.0. The van der Waals surface area contributed by atoms with Crippen LogP contribution < -0.4 is 10.6 Å². The van der Waals surface area contributed by atoms with Crippen LogP contribution in [-0.2, 0) is 7.05 Å². The topological polar surface area (TPSA) is 41.9 Å². The van der Waals surface area contributed by atoms with Crippen LogP contribution in [-0.4, -0.2) is 28.7 Å². The number of fused-ring (bicyclic) bond motifs is 1. The molecule has 160 valence electrons. The molecule has 0 amide bonds. The highest BCUT2D eigenvalue weighted by Gasteiger charge is 2.21. The maximum atomic E-state index is 5.01. The molecular weight excluding hydrogens is 368 g/mol. The van der Waals surface area contributed by atoms with Crippen molar-refractivity contribution in [1.82, 2.24) is 14.9 Å². The molecular formula is C26H36N4. The number of aromatic nitrogens is 2. The molecule has 1 aromatic carbocycles. The average Bonchev–Trinajstić information content (AvgIpc) is 3.27. The molecule has 1 saturated carbocycles. The molecule has 0 spiro atoms. The molecule has 0 radical (unpaired) electrons. The van der Waals surface area contributed by atoms with E-state index in [2.05, 4.69) is 75.1 Å². The number of hydrogen-bond donors (Lipinski definition) is 2. The second-order valence-electron chi connectivity index (χ2n) is 9.16. The molecule has 2 heterocycles. The fourth-order valence-electron chi connectivity index (χ4n) is 5.30. The number of rotatable bonds is 6. The van der Waals surface area contributed by atoms with E-state index >= 15 is 0 Å². The van der Waals surface area contributed by atoms with E-state index in [9.17, 15) is 0 Å². The van der Waals surface area contributed by atoms with Crippen molar-refractivity contribution in [3.63, 3.8) is 0 Å². The lowest BCUT2D eigenvalue weighted by molar-refractivity contribution is 0.536. The lowest BCUT2D eigenvalue weighted by Crippen LogP contribution is -2.30. The van der Waals surface area contributed by atoms with Gasteiger partial charge in [-0.2, -0.15) is 0 Å². The number of nitrogens with zero attached hydrogens (tertiary/aromatic N) is 2. The number of benzene rings is 1. The first-order valence-corrected chi connectivity index (χ1v) is 11.4. The van der Waals surface area contributed by atoms with Crippen LogP contribution in [0.25, 0.3) is 22.2 Å². The van der Waals surface area contributed by atoms with Crippen LogP contribution in [0.4, 0.5) is 5.69 Å². The van der Waals surface area contributed by atoms with Crippen LogP contribution >= 0.6 is 0 Å². The fourth-order valence-corrected chi connectivity index (χ4v) is 5.30. The van der Waals surface area contributed by atoms with Gasteiger partial charge in [0.25, 0.3) is 0 Å². The van der Waals surface area contributed by atoms with Crippen LogP contribution in [0.1, 0.15) is 53.8 Å². The number of pyridine rings is 1. The Hall–Kier alpha value is -2.33. The van der Waals surface area contributed by atoms with E-state index < -0.39 is 0 Å². The van der Waals surface area contributed by atoms with Crippen molar-refractivity contribution in [2.45, 2.75) is 66.3 Å². The Bertz CT molecular complexity index is 1050. The summed E-state index contributed by atoms with van der Waals surface area (Å²) in [6.07, 6.45) is 5.40. The molecule has 0 bridgehead atoms. The van der Waals surface area contributed by atoms with Gasteiger partial charge in [-0.05, 0) is 70.2 Å². The van der Waals surface area contributed by atoms with Crippen molar-refractivity contribution in [3.05, 3.63) is 46.3 Å². The summed E-state index contributed by atoms with van der Waals surface area (Å²) in [5.74, 6) is 0.